The van der Waals surface area contributed by atoms with Gasteiger partial charge in [-0.05, 0) is 36.2 Å². The van der Waals surface area contributed by atoms with Crippen molar-refractivity contribution in [3.63, 3.8) is 0 Å². The van der Waals surface area contributed by atoms with Gasteiger partial charge < -0.3 is 9.47 Å². The van der Waals surface area contributed by atoms with Crippen molar-refractivity contribution in [1.82, 2.24) is 14.9 Å². The summed E-state index contributed by atoms with van der Waals surface area (Å²) in [6.45, 7) is 3.84. The van der Waals surface area contributed by atoms with Crippen molar-refractivity contribution in [2.75, 3.05) is 26.3 Å². The summed E-state index contributed by atoms with van der Waals surface area (Å²) in [5.41, 5.74) is 1.10. The topological polar surface area (TPSA) is 47.5 Å². The summed E-state index contributed by atoms with van der Waals surface area (Å²) in [7, 11) is 0. The first-order valence-electron chi connectivity index (χ1n) is 8.24. The maximum absolute atomic E-state index is 13.6. The van der Waals surface area contributed by atoms with Gasteiger partial charge in [0.2, 0.25) is 5.88 Å². The Morgan fingerprint density at radius 2 is 2.08 bits per heavy atom. The highest BCUT2D eigenvalue weighted by Gasteiger charge is 2.53. The van der Waals surface area contributed by atoms with E-state index in [1.54, 1.807) is 12.3 Å². The van der Waals surface area contributed by atoms with Crippen LogP contribution in [0.2, 0.25) is 0 Å². The highest BCUT2D eigenvalue weighted by atomic mass is 19.1. The van der Waals surface area contributed by atoms with Gasteiger partial charge in [0.05, 0.1) is 12.2 Å². The molecular formula is C18H20FN3O2. The first-order valence-corrected chi connectivity index (χ1v) is 8.24. The monoisotopic (exact) mass is 329 g/mol. The molecule has 4 rings (SSSR count). The van der Waals surface area contributed by atoms with Crippen molar-refractivity contribution in [3.8, 4) is 5.88 Å². The maximum Gasteiger partial charge on any atom is 0.250 e. The van der Waals surface area contributed by atoms with Gasteiger partial charge in [-0.15, -0.1) is 0 Å². The lowest BCUT2D eigenvalue weighted by atomic mass is 9.81. The van der Waals surface area contributed by atoms with E-state index in [9.17, 15) is 4.39 Å². The molecule has 24 heavy (non-hydrogen) atoms. The zero-order valence-electron chi connectivity index (χ0n) is 13.4. The van der Waals surface area contributed by atoms with Crippen molar-refractivity contribution in [1.29, 1.82) is 0 Å². The Kier molecular flexibility index (Phi) is 4.16. The van der Waals surface area contributed by atoms with Crippen LogP contribution in [0.1, 0.15) is 12.0 Å². The maximum atomic E-state index is 13.6. The molecule has 4 heterocycles. The summed E-state index contributed by atoms with van der Waals surface area (Å²) in [4.78, 5) is 10.3. The standard InChI is InChI=1S/C18H20FN3O2/c19-16-2-1-6-21-17(16)23-11-15-5-9-24-18(15)12-22(13-18)10-14-3-7-20-8-4-14/h1-4,6-8,15H,5,9-13H2/t15-/m1/s1. The van der Waals surface area contributed by atoms with E-state index in [4.69, 9.17) is 9.47 Å². The van der Waals surface area contributed by atoms with Gasteiger partial charge in [0.1, 0.15) is 0 Å². The van der Waals surface area contributed by atoms with Gasteiger partial charge in [0.25, 0.3) is 0 Å². The summed E-state index contributed by atoms with van der Waals surface area (Å²) < 4.78 is 25.3. The molecular weight excluding hydrogens is 309 g/mol. The number of hydrogen-bond donors (Lipinski definition) is 0. The van der Waals surface area contributed by atoms with Crippen molar-refractivity contribution in [2.45, 2.75) is 18.6 Å². The third kappa shape index (κ3) is 2.99. The second kappa shape index (κ2) is 6.45. The van der Waals surface area contributed by atoms with E-state index in [0.29, 0.717) is 6.61 Å². The van der Waals surface area contributed by atoms with E-state index in [-0.39, 0.29) is 17.4 Å². The fourth-order valence-corrected chi connectivity index (χ4v) is 3.60. The summed E-state index contributed by atoms with van der Waals surface area (Å²) in [5, 5.41) is 0. The van der Waals surface area contributed by atoms with Crippen LogP contribution in [0.3, 0.4) is 0 Å². The molecule has 2 aliphatic rings. The molecule has 6 heteroatoms. The molecule has 0 bridgehead atoms. The van der Waals surface area contributed by atoms with Crippen LogP contribution >= 0.6 is 0 Å². The van der Waals surface area contributed by atoms with Crippen LogP contribution < -0.4 is 4.74 Å². The Bertz CT molecular complexity index is 692. The molecule has 2 saturated heterocycles. The van der Waals surface area contributed by atoms with Gasteiger partial charge in [-0.1, -0.05) is 0 Å². The van der Waals surface area contributed by atoms with E-state index < -0.39 is 5.82 Å². The van der Waals surface area contributed by atoms with Crippen LogP contribution in [-0.2, 0) is 11.3 Å². The lowest BCUT2D eigenvalue weighted by Gasteiger charge is -2.50. The van der Waals surface area contributed by atoms with Gasteiger partial charge in [-0.2, -0.15) is 0 Å². The van der Waals surface area contributed by atoms with Crippen molar-refractivity contribution < 1.29 is 13.9 Å². The number of ether oxygens (including phenoxy) is 2. The molecule has 1 atom stereocenters. The Morgan fingerprint density at radius 1 is 1.25 bits per heavy atom. The summed E-state index contributed by atoms with van der Waals surface area (Å²) in [5.74, 6) is -0.0708. The first-order chi connectivity index (χ1) is 11.8. The zero-order valence-corrected chi connectivity index (χ0v) is 13.4. The number of hydrogen-bond acceptors (Lipinski definition) is 5. The molecule has 126 valence electrons. The van der Waals surface area contributed by atoms with Crippen molar-refractivity contribution >= 4 is 0 Å². The molecule has 1 spiro atoms. The highest BCUT2D eigenvalue weighted by Crippen LogP contribution is 2.40. The Labute approximate surface area is 140 Å². The van der Waals surface area contributed by atoms with E-state index in [1.165, 1.54) is 11.6 Å². The fraction of sp³-hybridized carbons (Fsp3) is 0.444. The Hall–Kier alpha value is -2.05. The van der Waals surface area contributed by atoms with Crippen LogP contribution in [-0.4, -0.2) is 46.8 Å². The number of aromatic nitrogens is 2. The number of rotatable bonds is 5. The average Bonchev–Trinajstić information content (AvgIpc) is 2.99. The number of halogens is 1. The lowest BCUT2D eigenvalue weighted by Crippen LogP contribution is -2.64. The van der Waals surface area contributed by atoms with Crippen molar-refractivity contribution in [2.24, 2.45) is 5.92 Å². The molecule has 0 unspecified atom stereocenters. The van der Waals surface area contributed by atoms with Crippen LogP contribution in [0.5, 0.6) is 5.88 Å². The third-order valence-corrected chi connectivity index (χ3v) is 4.88. The summed E-state index contributed by atoms with van der Waals surface area (Å²) in [6, 6.07) is 6.99. The molecule has 2 aromatic rings. The minimum absolute atomic E-state index is 0.0764. The Morgan fingerprint density at radius 3 is 2.88 bits per heavy atom. The quantitative estimate of drug-likeness (QED) is 0.842. The third-order valence-electron chi connectivity index (χ3n) is 4.88. The number of nitrogens with zero attached hydrogens (tertiary/aromatic N) is 3. The van der Waals surface area contributed by atoms with Gasteiger partial charge >= 0.3 is 0 Å². The Balaban J connectivity index is 1.34. The molecule has 2 aliphatic heterocycles. The molecule has 0 aliphatic carbocycles. The summed E-state index contributed by atoms with van der Waals surface area (Å²) in [6.07, 6.45) is 6.11. The minimum Gasteiger partial charge on any atom is -0.475 e. The molecule has 0 radical (unpaired) electrons. The fourth-order valence-electron chi connectivity index (χ4n) is 3.60. The van der Waals surface area contributed by atoms with Gasteiger partial charge in [0, 0.05) is 50.7 Å². The molecule has 0 amide bonds. The second-order valence-corrected chi connectivity index (χ2v) is 6.50. The zero-order chi connectivity index (χ0) is 16.4. The summed E-state index contributed by atoms with van der Waals surface area (Å²) >= 11 is 0. The van der Waals surface area contributed by atoms with Crippen LogP contribution in [0.4, 0.5) is 4.39 Å². The smallest absolute Gasteiger partial charge is 0.250 e. The van der Waals surface area contributed by atoms with E-state index >= 15 is 0 Å². The molecule has 5 nitrogen and oxygen atoms in total. The van der Waals surface area contributed by atoms with Gasteiger partial charge in [-0.3, -0.25) is 9.88 Å². The minimum atomic E-state index is -0.418. The molecule has 0 aromatic carbocycles. The second-order valence-electron chi connectivity index (χ2n) is 6.50. The van der Waals surface area contributed by atoms with E-state index in [0.717, 1.165) is 32.7 Å². The van der Waals surface area contributed by atoms with Crippen LogP contribution in [0, 0.1) is 11.7 Å². The van der Waals surface area contributed by atoms with Gasteiger partial charge in [0.15, 0.2) is 5.82 Å². The lowest BCUT2D eigenvalue weighted by molar-refractivity contribution is -0.140. The number of likely N-dealkylation sites (tertiary alicyclic amines) is 1. The van der Waals surface area contributed by atoms with Crippen LogP contribution in [0.15, 0.2) is 42.9 Å². The predicted molar refractivity (Wildman–Crippen MR) is 86.0 cm³/mol. The van der Waals surface area contributed by atoms with Gasteiger partial charge in [-0.25, -0.2) is 9.37 Å². The highest BCUT2D eigenvalue weighted by molar-refractivity contribution is 5.15. The normalized spacial score (nSPS) is 22.5. The molecule has 2 fully saturated rings. The van der Waals surface area contributed by atoms with Crippen LogP contribution in [0.25, 0.3) is 0 Å². The predicted octanol–water partition coefficient (Wildman–Crippen LogP) is 2.29. The van der Waals surface area contributed by atoms with E-state index in [2.05, 4.69) is 14.9 Å². The number of pyridine rings is 2. The molecule has 0 saturated carbocycles. The van der Waals surface area contributed by atoms with E-state index in [1.807, 2.05) is 24.5 Å². The van der Waals surface area contributed by atoms with Crippen molar-refractivity contribution in [3.05, 3.63) is 54.2 Å². The largest absolute Gasteiger partial charge is 0.475 e. The average molecular weight is 329 g/mol. The first kappa shape index (κ1) is 15.5. The SMILES string of the molecule is Fc1cccnc1OC[C@H]1CCOC12CN(Cc1ccncc1)C2. The molecule has 2 aromatic heterocycles. The molecule has 0 N–H and O–H groups in total.